The first-order valence-electron chi connectivity index (χ1n) is 6.43. The van der Waals surface area contributed by atoms with E-state index < -0.39 is 5.41 Å². The first-order valence-corrected chi connectivity index (χ1v) is 6.43. The molecule has 1 saturated heterocycles. The number of hydrogen-bond donors (Lipinski definition) is 1. The first-order chi connectivity index (χ1) is 7.95. The molecule has 1 unspecified atom stereocenters. The van der Waals surface area contributed by atoms with Crippen molar-refractivity contribution in [3.8, 4) is 0 Å². The van der Waals surface area contributed by atoms with Crippen LogP contribution < -0.4 is 5.32 Å². The lowest BCUT2D eigenvalue weighted by molar-refractivity contribution is -0.150. The van der Waals surface area contributed by atoms with Gasteiger partial charge in [0.2, 0.25) is 0 Å². The third-order valence-corrected chi connectivity index (χ3v) is 3.52. The standard InChI is InChI=1S/C13H26N2O2/c1-13(2,12(16)17-4)10-14-7-5-11-6-8-15(3)9-11/h11,14H,5-10H2,1-4H3. The van der Waals surface area contributed by atoms with E-state index in [0.29, 0.717) is 6.54 Å². The molecular formula is C13H26N2O2. The highest BCUT2D eigenvalue weighted by atomic mass is 16.5. The van der Waals surface area contributed by atoms with Crippen molar-refractivity contribution in [2.75, 3.05) is 40.3 Å². The molecule has 0 aliphatic carbocycles. The van der Waals surface area contributed by atoms with Crippen LogP contribution in [-0.4, -0.2) is 51.2 Å². The van der Waals surface area contributed by atoms with Crippen molar-refractivity contribution in [3.63, 3.8) is 0 Å². The number of hydrogen-bond acceptors (Lipinski definition) is 4. The summed E-state index contributed by atoms with van der Waals surface area (Å²) < 4.78 is 4.77. The predicted octanol–water partition coefficient (Wildman–Crippen LogP) is 1.12. The first kappa shape index (κ1) is 14.5. The highest BCUT2D eigenvalue weighted by Gasteiger charge is 2.28. The third-order valence-electron chi connectivity index (χ3n) is 3.52. The SMILES string of the molecule is COC(=O)C(C)(C)CNCCC1CCN(C)C1. The number of carbonyl (C=O) groups is 1. The minimum Gasteiger partial charge on any atom is -0.469 e. The van der Waals surface area contributed by atoms with Gasteiger partial charge in [-0.05, 0) is 52.7 Å². The molecule has 17 heavy (non-hydrogen) atoms. The number of nitrogens with one attached hydrogen (secondary N) is 1. The molecular weight excluding hydrogens is 216 g/mol. The van der Waals surface area contributed by atoms with Gasteiger partial charge in [-0.1, -0.05) is 0 Å². The number of ether oxygens (including phenoxy) is 1. The van der Waals surface area contributed by atoms with Crippen molar-refractivity contribution in [2.45, 2.75) is 26.7 Å². The molecule has 0 saturated carbocycles. The van der Waals surface area contributed by atoms with Gasteiger partial charge in [-0.25, -0.2) is 0 Å². The van der Waals surface area contributed by atoms with Crippen LogP contribution >= 0.6 is 0 Å². The Hall–Kier alpha value is -0.610. The van der Waals surface area contributed by atoms with Gasteiger partial charge in [0.25, 0.3) is 0 Å². The van der Waals surface area contributed by atoms with Crippen molar-refractivity contribution in [1.29, 1.82) is 0 Å². The number of likely N-dealkylation sites (tertiary alicyclic amines) is 1. The third kappa shape index (κ3) is 4.64. The Bertz CT molecular complexity index is 254. The summed E-state index contributed by atoms with van der Waals surface area (Å²) >= 11 is 0. The van der Waals surface area contributed by atoms with E-state index in [1.165, 1.54) is 33.0 Å². The maximum absolute atomic E-state index is 11.5. The fourth-order valence-corrected chi connectivity index (χ4v) is 2.32. The van der Waals surface area contributed by atoms with Crippen molar-refractivity contribution in [3.05, 3.63) is 0 Å². The molecule has 0 spiro atoms. The molecule has 1 rings (SSSR count). The molecule has 1 atom stereocenters. The minimum atomic E-state index is -0.429. The summed E-state index contributed by atoms with van der Waals surface area (Å²) in [6, 6.07) is 0. The van der Waals surface area contributed by atoms with Crippen LogP contribution in [0.4, 0.5) is 0 Å². The molecule has 0 aromatic heterocycles. The van der Waals surface area contributed by atoms with Gasteiger partial charge < -0.3 is 15.0 Å². The number of nitrogens with zero attached hydrogens (tertiary/aromatic N) is 1. The summed E-state index contributed by atoms with van der Waals surface area (Å²) in [5.41, 5.74) is -0.429. The van der Waals surface area contributed by atoms with Gasteiger partial charge >= 0.3 is 5.97 Å². The average molecular weight is 242 g/mol. The molecule has 1 N–H and O–H groups in total. The van der Waals surface area contributed by atoms with Crippen molar-refractivity contribution in [2.24, 2.45) is 11.3 Å². The van der Waals surface area contributed by atoms with E-state index in [0.717, 1.165) is 12.5 Å². The summed E-state index contributed by atoms with van der Waals surface area (Å²) in [5, 5.41) is 3.36. The number of esters is 1. The van der Waals surface area contributed by atoms with E-state index in [4.69, 9.17) is 4.74 Å². The second kappa shape index (κ2) is 6.36. The van der Waals surface area contributed by atoms with Crippen LogP contribution in [0.1, 0.15) is 26.7 Å². The topological polar surface area (TPSA) is 41.6 Å². The normalized spacial score (nSPS) is 21.8. The fourth-order valence-electron chi connectivity index (χ4n) is 2.32. The van der Waals surface area contributed by atoms with Gasteiger partial charge in [0, 0.05) is 13.1 Å². The summed E-state index contributed by atoms with van der Waals surface area (Å²) in [6.07, 6.45) is 2.50. The number of methoxy groups -OCH3 is 1. The van der Waals surface area contributed by atoms with Crippen LogP contribution in [0.15, 0.2) is 0 Å². The Labute approximate surface area is 105 Å². The second-order valence-corrected chi connectivity index (χ2v) is 5.76. The van der Waals surface area contributed by atoms with E-state index >= 15 is 0 Å². The monoisotopic (exact) mass is 242 g/mol. The molecule has 0 aromatic rings. The van der Waals surface area contributed by atoms with Gasteiger partial charge in [0.1, 0.15) is 0 Å². The lowest BCUT2D eigenvalue weighted by Gasteiger charge is -2.22. The molecule has 0 amide bonds. The number of carbonyl (C=O) groups excluding carboxylic acids is 1. The van der Waals surface area contributed by atoms with E-state index in [9.17, 15) is 4.79 Å². The molecule has 0 radical (unpaired) electrons. The Balaban J connectivity index is 2.13. The van der Waals surface area contributed by atoms with Gasteiger partial charge in [-0.3, -0.25) is 4.79 Å². The van der Waals surface area contributed by atoms with Gasteiger partial charge in [0.05, 0.1) is 12.5 Å². The summed E-state index contributed by atoms with van der Waals surface area (Å²) in [5.74, 6) is 0.666. The van der Waals surface area contributed by atoms with E-state index in [1.807, 2.05) is 13.8 Å². The highest BCUT2D eigenvalue weighted by molar-refractivity contribution is 5.76. The zero-order valence-electron chi connectivity index (χ0n) is 11.6. The Morgan fingerprint density at radius 2 is 2.24 bits per heavy atom. The van der Waals surface area contributed by atoms with Gasteiger partial charge in [-0.2, -0.15) is 0 Å². The van der Waals surface area contributed by atoms with Crippen LogP contribution in [0.2, 0.25) is 0 Å². The zero-order chi connectivity index (χ0) is 12.9. The molecule has 0 bridgehead atoms. The quantitative estimate of drug-likeness (QED) is 0.560. The molecule has 4 nitrogen and oxygen atoms in total. The van der Waals surface area contributed by atoms with Gasteiger partial charge in [0.15, 0.2) is 0 Å². The van der Waals surface area contributed by atoms with Crippen molar-refractivity contribution < 1.29 is 9.53 Å². The molecule has 1 heterocycles. The predicted molar refractivity (Wildman–Crippen MR) is 68.9 cm³/mol. The number of rotatable bonds is 6. The lowest BCUT2D eigenvalue weighted by Crippen LogP contribution is -2.37. The lowest BCUT2D eigenvalue weighted by atomic mass is 9.93. The Morgan fingerprint density at radius 1 is 1.53 bits per heavy atom. The molecule has 4 heteroatoms. The molecule has 1 aliphatic heterocycles. The fraction of sp³-hybridized carbons (Fsp3) is 0.923. The zero-order valence-corrected chi connectivity index (χ0v) is 11.6. The summed E-state index contributed by atoms with van der Waals surface area (Å²) in [7, 11) is 3.62. The second-order valence-electron chi connectivity index (χ2n) is 5.76. The van der Waals surface area contributed by atoms with Crippen LogP contribution in [0.5, 0.6) is 0 Å². The highest BCUT2D eigenvalue weighted by Crippen LogP contribution is 2.18. The van der Waals surface area contributed by atoms with Crippen LogP contribution in [0, 0.1) is 11.3 Å². The Morgan fingerprint density at radius 3 is 2.76 bits per heavy atom. The largest absolute Gasteiger partial charge is 0.469 e. The minimum absolute atomic E-state index is 0.148. The maximum atomic E-state index is 11.5. The van der Waals surface area contributed by atoms with E-state index in [2.05, 4.69) is 17.3 Å². The molecule has 1 aliphatic rings. The maximum Gasteiger partial charge on any atom is 0.312 e. The molecule has 0 aromatic carbocycles. The van der Waals surface area contributed by atoms with E-state index in [-0.39, 0.29) is 5.97 Å². The van der Waals surface area contributed by atoms with Crippen LogP contribution in [0.25, 0.3) is 0 Å². The van der Waals surface area contributed by atoms with Crippen LogP contribution in [0.3, 0.4) is 0 Å². The van der Waals surface area contributed by atoms with Crippen molar-refractivity contribution >= 4 is 5.97 Å². The van der Waals surface area contributed by atoms with Crippen molar-refractivity contribution in [1.82, 2.24) is 10.2 Å². The average Bonchev–Trinajstić information content (AvgIpc) is 2.69. The van der Waals surface area contributed by atoms with Crippen LogP contribution in [-0.2, 0) is 9.53 Å². The summed E-state index contributed by atoms with van der Waals surface area (Å²) in [4.78, 5) is 13.8. The van der Waals surface area contributed by atoms with Gasteiger partial charge in [-0.15, -0.1) is 0 Å². The smallest absolute Gasteiger partial charge is 0.312 e. The Kier molecular flexibility index (Phi) is 5.40. The summed E-state index contributed by atoms with van der Waals surface area (Å²) in [6.45, 7) is 7.92. The molecule has 100 valence electrons. The molecule has 1 fully saturated rings. The van der Waals surface area contributed by atoms with E-state index in [1.54, 1.807) is 0 Å².